The fourth-order valence-electron chi connectivity index (χ4n) is 2.65. The number of amides is 1. The Morgan fingerprint density at radius 3 is 2.31 bits per heavy atom. The van der Waals surface area contributed by atoms with Crippen LogP contribution in [-0.4, -0.2) is 21.7 Å². The fraction of sp³-hybridized carbons (Fsp3) is 0.100. The van der Waals surface area contributed by atoms with Gasteiger partial charge in [-0.1, -0.05) is 30.3 Å². The quantitative estimate of drug-likeness (QED) is 0.711. The summed E-state index contributed by atoms with van der Waals surface area (Å²) in [6, 6.07) is 19.0. The van der Waals surface area contributed by atoms with E-state index < -0.39 is 5.97 Å². The molecular weight excluding hydrogens is 332 g/mol. The van der Waals surface area contributed by atoms with E-state index in [9.17, 15) is 19.8 Å². The molecule has 1 aromatic heterocycles. The molecule has 0 aliphatic heterocycles. The third kappa shape index (κ3) is 3.92. The van der Waals surface area contributed by atoms with E-state index >= 15 is 0 Å². The van der Waals surface area contributed by atoms with Crippen molar-refractivity contribution in [2.24, 2.45) is 0 Å². The highest BCUT2D eigenvalue weighted by atomic mass is 16.4. The average Bonchev–Trinajstić information content (AvgIpc) is 3.03. The highest BCUT2D eigenvalue weighted by Crippen LogP contribution is 2.22. The molecule has 2 aromatic carbocycles. The second kappa shape index (κ2) is 7.57. The van der Waals surface area contributed by atoms with Crippen LogP contribution in [0.1, 0.15) is 22.5 Å². The second-order valence-electron chi connectivity index (χ2n) is 5.77. The first-order valence-electron chi connectivity index (χ1n) is 8.11. The lowest BCUT2D eigenvalue weighted by atomic mass is 10.2. The molecule has 3 rings (SSSR count). The summed E-state index contributed by atoms with van der Waals surface area (Å²) in [6.07, 6.45) is 0.0817. The molecule has 0 aliphatic rings. The lowest BCUT2D eigenvalue weighted by molar-refractivity contribution is -0.305. The molecule has 2 N–H and O–H groups in total. The summed E-state index contributed by atoms with van der Waals surface area (Å²) in [5, 5.41) is 20.2. The van der Waals surface area contributed by atoms with Crippen molar-refractivity contribution in [3.05, 3.63) is 78.0 Å². The van der Waals surface area contributed by atoms with E-state index in [0.717, 1.165) is 11.3 Å². The average molecular weight is 349 g/mol. The number of carbonyl (C=O) groups excluding carboxylic acids is 2. The zero-order valence-electron chi connectivity index (χ0n) is 13.9. The summed E-state index contributed by atoms with van der Waals surface area (Å²) in [5.74, 6) is -1.45. The van der Waals surface area contributed by atoms with Crippen molar-refractivity contribution < 1.29 is 19.8 Å². The number of hydrogen-bond acceptors (Lipinski definition) is 4. The molecule has 3 aromatic rings. The molecule has 132 valence electrons. The Bertz CT molecular complexity index is 915. The van der Waals surface area contributed by atoms with Gasteiger partial charge >= 0.3 is 0 Å². The van der Waals surface area contributed by atoms with Crippen LogP contribution < -0.4 is 10.5 Å². The van der Waals surface area contributed by atoms with Crippen LogP contribution in [0.2, 0.25) is 0 Å². The molecule has 0 saturated carbocycles. The van der Waals surface area contributed by atoms with E-state index in [0.29, 0.717) is 11.3 Å². The maximum absolute atomic E-state index is 12.6. The zero-order valence-corrected chi connectivity index (χ0v) is 13.9. The van der Waals surface area contributed by atoms with Crippen LogP contribution in [0.5, 0.6) is 5.75 Å². The third-order valence-corrected chi connectivity index (χ3v) is 3.96. The summed E-state index contributed by atoms with van der Waals surface area (Å²) >= 11 is 0. The molecule has 0 fully saturated rings. The summed E-state index contributed by atoms with van der Waals surface area (Å²) < 4.78 is 1.59. The Labute approximate surface area is 150 Å². The first-order chi connectivity index (χ1) is 12.5. The van der Waals surface area contributed by atoms with E-state index in [1.165, 1.54) is 24.3 Å². The van der Waals surface area contributed by atoms with E-state index in [4.69, 9.17) is 0 Å². The minimum absolute atomic E-state index is 0.0714. The van der Waals surface area contributed by atoms with Crippen molar-refractivity contribution in [2.45, 2.75) is 12.8 Å². The van der Waals surface area contributed by atoms with Gasteiger partial charge in [0, 0.05) is 22.8 Å². The number of phenolic OH excluding ortho intramolecular Hbond substituents is 1. The topological polar surface area (TPSA) is 94.4 Å². The molecule has 0 spiro atoms. The van der Waals surface area contributed by atoms with Crippen LogP contribution in [0, 0.1) is 0 Å². The number of nitrogens with zero attached hydrogens (tertiary/aromatic N) is 1. The Balaban J connectivity index is 1.94. The molecule has 6 nitrogen and oxygen atoms in total. The maximum Gasteiger partial charge on any atom is 0.270 e. The Kier molecular flexibility index (Phi) is 5.03. The molecule has 0 atom stereocenters. The molecular formula is C20H17N2O4-. The minimum Gasteiger partial charge on any atom is -0.550 e. The number of carbonyl (C=O) groups is 2. The largest absolute Gasteiger partial charge is 0.550 e. The number of nitrogens with one attached hydrogen (secondary N) is 1. The molecule has 1 heterocycles. The predicted octanol–water partition coefficient (Wildman–Crippen LogP) is 1.93. The first kappa shape index (κ1) is 17.3. The molecule has 0 unspecified atom stereocenters. The van der Waals surface area contributed by atoms with Crippen molar-refractivity contribution >= 4 is 11.9 Å². The van der Waals surface area contributed by atoms with Gasteiger partial charge in [0.1, 0.15) is 5.75 Å². The second-order valence-corrected chi connectivity index (χ2v) is 5.77. The number of aromatic nitrogens is 1. The van der Waals surface area contributed by atoms with Gasteiger partial charge in [-0.25, -0.2) is 0 Å². The number of rotatable bonds is 6. The molecule has 6 heteroatoms. The molecule has 0 aliphatic carbocycles. The minimum atomic E-state index is -1.15. The standard InChI is InChI=1S/C20H18N2O4/c23-17-10-6-15(7-11-17)20(26)21-22-16(9-13-19(24)25)8-12-18(22)14-4-2-1-3-5-14/h1-8,10-12,23H,9,13H2,(H,21,26)(H,24,25)/p-1. The number of aromatic hydroxyl groups is 1. The number of aryl methyl sites for hydroxylation is 1. The van der Waals surface area contributed by atoms with Crippen LogP contribution in [0.3, 0.4) is 0 Å². The van der Waals surface area contributed by atoms with Gasteiger partial charge < -0.3 is 15.0 Å². The molecule has 0 radical (unpaired) electrons. The fourth-order valence-corrected chi connectivity index (χ4v) is 2.65. The van der Waals surface area contributed by atoms with Gasteiger partial charge in [0.05, 0.1) is 5.69 Å². The third-order valence-electron chi connectivity index (χ3n) is 3.96. The monoisotopic (exact) mass is 349 g/mol. The first-order valence-corrected chi connectivity index (χ1v) is 8.11. The van der Waals surface area contributed by atoms with Crippen molar-refractivity contribution in [3.63, 3.8) is 0 Å². The molecule has 0 saturated heterocycles. The number of phenols is 1. The lowest BCUT2D eigenvalue weighted by Crippen LogP contribution is -2.27. The van der Waals surface area contributed by atoms with Crippen LogP contribution in [-0.2, 0) is 11.2 Å². The number of hydrogen-bond donors (Lipinski definition) is 2. The van der Waals surface area contributed by atoms with Gasteiger partial charge in [-0.05, 0) is 49.2 Å². The van der Waals surface area contributed by atoms with Gasteiger partial charge in [0.15, 0.2) is 0 Å². The Hall–Kier alpha value is -3.54. The van der Waals surface area contributed by atoms with Crippen molar-refractivity contribution in [3.8, 4) is 17.0 Å². The summed E-state index contributed by atoms with van der Waals surface area (Å²) in [5.41, 5.74) is 5.46. The summed E-state index contributed by atoms with van der Waals surface area (Å²) in [6.45, 7) is 0. The predicted molar refractivity (Wildman–Crippen MR) is 95.0 cm³/mol. The molecule has 1 amide bonds. The molecule has 26 heavy (non-hydrogen) atoms. The van der Waals surface area contributed by atoms with Crippen LogP contribution in [0.15, 0.2) is 66.7 Å². The summed E-state index contributed by atoms with van der Waals surface area (Å²) in [4.78, 5) is 23.4. The Morgan fingerprint density at radius 1 is 0.962 bits per heavy atom. The smallest absolute Gasteiger partial charge is 0.270 e. The lowest BCUT2D eigenvalue weighted by Gasteiger charge is -2.15. The SMILES string of the molecule is O=C([O-])CCc1ccc(-c2ccccc2)n1NC(=O)c1ccc(O)cc1. The number of carboxylic acid groups (broad SMARTS) is 1. The molecule has 0 bridgehead atoms. The summed E-state index contributed by atoms with van der Waals surface area (Å²) in [7, 11) is 0. The zero-order chi connectivity index (χ0) is 18.5. The maximum atomic E-state index is 12.6. The van der Waals surface area contributed by atoms with E-state index in [1.54, 1.807) is 10.7 Å². The van der Waals surface area contributed by atoms with Gasteiger partial charge in [-0.2, -0.15) is 0 Å². The van der Waals surface area contributed by atoms with Gasteiger partial charge in [0.25, 0.3) is 5.91 Å². The van der Waals surface area contributed by atoms with Crippen molar-refractivity contribution in [1.82, 2.24) is 4.68 Å². The van der Waals surface area contributed by atoms with Gasteiger partial charge in [-0.3, -0.25) is 14.9 Å². The van der Waals surface area contributed by atoms with Crippen molar-refractivity contribution in [1.29, 1.82) is 0 Å². The van der Waals surface area contributed by atoms with E-state index in [-0.39, 0.29) is 24.5 Å². The van der Waals surface area contributed by atoms with Crippen molar-refractivity contribution in [2.75, 3.05) is 5.43 Å². The normalized spacial score (nSPS) is 10.5. The Morgan fingerprint density at radius 2 is 1.65 bits per heavy atom. The number of benzene rings is 2. The van der Waals surface area contributed by atoms with Crippen LogP contribution in [0.25, 0.3) is 11.3 Å². The van der Waals surface area contributed by atoms with Crippen LogP contribution in [0.4, 0.5) is 0 Å². The van der Waals surface area contributed by atoms with E-state index in [1.807, 2.05) is 36.4 Å². The highest BCUT2D eigenvalue weighted by Gasteiger charge is 2.14. The van der Waals surface area contributed by atoms with Crippen LogP contribution >= 0.6 is 0 Å². The van der Waals surface area contributed by atoms with Gasteiger partial charge in [-0.15, -0.1) is 0 Å². The van der Waals surface area contributed by atoms with E-state index in [2.05, 4.69) is 5.43 Å². The number of carboxylic acids is 1. The number of aliphatic carboxylic acids is 1. The van der Waals surface area contributed by atoms with Gasteiger partial charge in [0.2, 0.25) is 0 Å². The highest BCUT2D eigenvalue weighted by molar-refractivity contribution is 6.00.